The van der Waals surface area contributed by atoms with Gasteiger partial charge in [0.1, 0.15) is 5.75 Å². The van der Waals surface area contributed by atoms with Crippen molar-refractivity contribution in [1.82, 2.24) is 10.6 Å². The quantitative estimate of drug-likeness (QED) is 0.609. The molecule has 0 unspecified atom stereocenters. The van der Waals surface area contributed by atoms with E-state index in [1.54, 1.807) is 7.11 Å². The molecule has 4 nitrogen and oxygen atoms in total. The summed E-state index contributed by atoms with van der Waals surface area (Å²) in [5, 5.41) is 6.66. The van der Waals surface area contributed by atoms with Crippen LogP contribution < -0.4 is 15.4 Å². The van der Waals surface area contributed by atoms with Crippen molar-refractivity contribution in [2.45, 2.75) is 26.3 Å². The predicted molar refractivity (Wildman–Crippen MR) is 78.5 cm³/mol. The number of methoxy groups -OCH3 is 1. The van der Waals surface area contributed by atoms with Gasteiger partial charge in [-0.15, -0.1) is 0 Å². The van der Waals surface area contributed by atoms with Crippen molar-refractivity contribution in [3.8, 4) is 5.75 Å². The number of guanidine groups is 1. The second-order valence-electron chi connectivity index (χ2n) is 4.87. The van der Waals surface area contributed by atoms with Crippen LogP contribution in [0.5, 0.6) is 5.75 Å². The van der Waals surface area contributed by atoms with Gasteiger partial charge in [-0.3, -0.25) is 0 Å². The van der Waals surface area contributed by atoms with Crippen molar-refractivity contribution in [3.05, 3.63) is 29.8 Å². The average molecular weight is 261 g/mol. The summed E-state index contributed by atoms with van der Waals surface area (Å²) in [5.41, 5.74) is 1.18. The van der Waals surface area contributed by atoms with Crippen molar-refractivity contribution >= 4 is 5.96 Å². The Morgan fingerprint density at radius 3 is 2.58 bits per heavy atom. The zero-order chi connectivity index (χ0) is 13.5. The summed E-state index contributed by atoms with van der Waals surface area (Å²) in [6.45, 7) is 4.69. The smallest absolute Gasteiger partial charge is 0.191 e. The van der Waals surface area contributed by atoms with Gasteiger partial charge in [-0.1, -0.05) is 12.1 Å². The van der Waals surface area contributed by atoms with Crippen LogP contribution in [-0.2, 0) is 6.54 Å². The summed E-state index contributed by atoms with van der Waals surface area (Å²) in [6.07, 6.45) is 2.70. The highest BCUT2D eigenvalue weighted by molar-refractivity contribution is 5.79. The maximum atomic E-state index is 5.14. The lowest BCUT2D eigenvalue weighted by Crippen LogP contribution is -2.38. The minimum atomic E-state index is 0.685. The van der Waals surface area contributed by atoms with Crippen LogP contribution in [0, 0.1) is 5.92 Å². The first-order chi connectivity index (χ1) is 9.31. The van der Waals surface area contributed by atoms with E-state index in [0.29, 0.717) is 6.54 Å². The Bertz CT molecular complexity index is 410. The zero-order valence-electron chi connectivity index (χ0n) is 11.8. The Labute approximate surface area is 115 Å². The van der Waals surface area contributed by atoms with E-state index in [1.165, 1.54) is 18.4 Å². The molecule has 4 heteroatoms. The first-order valence-corrected chi connectivity index (χ1v) is 6.97. The van der Waals surface area contributed by atoms with E-state index < -0.39 is 0 Å². The summed E-state index contributed by atoms with van der Waals surface area (Å²) >= 11 is 0. The van der Waals surface area contributed by atoms with Crippen LogP contribution in [0.3, 0.4) is 0 Å². The van der Waals surface area contributed by atoms with Crippen LogP contribution in [-0.4, -0.2) is 26.2 Å². The lowest BCUT2D eigenvalue weighted by molar-refractivity contribution is 0.414. The molecule has 0 aliphatic heterocycles. The van der Waals surface area contributed by atoms with Gasteiger partial charge >= 0.3 is 0 Å². The molecule has 104 valence electrons. The van der Waals surface area contributed by atoms with Gasteiger partial charge in [-0.2, -0.15) is 0 Å². The Morgan fingerprint density at radius 1 is 1.26 bits per heavy atom. The number of aliphatic imine (C=N–C) groups is 1. The third-order valence-corrected chi connectivity index (χ3v) is 3.18. The van der Waals surface area contributed by atoms with Crippen LogP contribution in [0.1, 0.15) is 25.3 Å². The topological polar surface area (TPSA) is 45.7 Å². The summed E-state index contributed by atoms with van der Waals surface area (Å²) in [4.78, 5) is 4.59. The molecule has 1 aromatic rings. The first kappa shape index (κ1) is 13.7. The van der Waals surface area contributed by atoms with Crippen molar-refractivity contribution in [3.63, 3.8) is 0 Å². The summed E-state index contributed by atoms with van der Waals surface area (Å²) in [7, 11) is 1.68. The number of nitrogens with one attached hydrogen (secondary N) is 2. The minimum Gasteiger partial charge on any atom is -0.497 e. The molecule has 0 atom stereocenters. The molecule has 0 amide bonds. The van der Waals surface area contributed by atoms with Crippen molar-refractivity contribution in [2.24, 2.45) is 10.9 Å². The van der Waals surface area contributed by atoms with Crippen molar-refractivity contribution in [2.75, 3.05) is 20.2 Å². The number of benzene rings is 1. The number of hydrogen-bond donors (Lipinski definition) is 2. The molecule has 2 N–H and O–H groups in total. The van der Waals surface area contributed by atoms with E-state index in [9.17, 15) is 0 Å². The average Bonchev–Trinajstić information content (AvgIpc) is 3.26. The zero-order valence-corrected chi connectivity index (χ0v) is 11.8. The van der Waals surface area contributed by atoms with E-state index >= 15 is 0 Å². The SMILES string of the molecule is CCNC(=NCc1ccc(OC)cc1)NCC1CC1. The summed E-state index contributed by atoms with van der Waals surface area (Å²) in [5.74, 6) is 2.64. The highest BCUT2D eigenvalue weighted by Crippen LogP contribution is 2.27. The standard InChI is InChI=1S/C15H23N3O/c1-3-16-15(17-10-12-4-5-12)18-11-13-6-8-14(19-2)9-7-13/h6-9,12H,3-5,10-11H2,1-2H3,(H2,16,17,18). The van der Waals surface area contributed by atoms with Crippen LogP contribution in [0.15, 0.2) is 29.3 Å². The number of nitrogens with zero attached hydrogens (tertiary/aromatic N) is 1. The Hall–Kier alpha value is -1.71. The van der Waals surface area contributed by atoms with Crippen LogP contribution in [0.2, 0.25) is 0 Å². The second-order valence-corrected chi connectivity index (χ2v) is 4.87. The highest BCUT2D eigenvalue weighted by Gasteiger charge is 2.20. The van der Waals surface area contributed by atoms with Crippen molar-refractivity contribution < 1.29 is 4.74 Å². The molecule has 1 saturated carbocycles. The molecule has 2 rings (SSSR count). The fourth-order valence-corrected chi connectivity index (χ4v) is 1.81. The lowest BCUT2D eigenvalue weighted by atomic mass is 10.2. The van der Waals surface area contributed by atoms with Crippen molar-refractivity contribution in [1.29, 1.82) is 0 Å². The molecule has 0 aromatic heterocycles. The van der Waals surface area contributed by atoms with Gasteiger partial charge in [-0.25, -0.2) is 4.99 Å². The van der Waals surface area contributed by atoms with Gasteiger partial charge in [0.05, 0.1) is 13.7 Å². The monoisotopic (exact) mass is 261 g/mol. The van der Waals surface area contributed by atoms with Gasteiger partial charge in [-0.05, 0) is 43.4 Å². The maximum Gasteiger partial charge on any atom is 0.191 e. The molecule has 1 aromatic carbocycles. The fraction of sp³-hybridized carbons (Fsp3) is 0.533. The Morgan fingerprint density at radius 2 is 2.00 bits per heavy atom. The molecule has 0 heterocycles. The lowest BCUT2D eigenvalue weighted by Gasteiger charge is -2.10. The van der Waals surface area contributed by atoms with Crippen LogP contribution in [0.25, 0.3) is 0 Å². The van der Waals surface area contributed by atoms with Gasteiger partial charge in [0.25, 0.3) is 0 Å². The first-order valence-electron chi connectivity index (χ1n) is 6.97. The normalized spacial score (nSPS) is 15.2. The number of rotatable bonds is 6. The molecule has 0 radical (unpaired) electrons. The summed E-state index contributed by atoms with van der Waals surface area (Å²) < 4.78 is 5.14. The maximum absolute atomic E-state index is 5.14. The van der Waals surface area contributed by atoms with Gasteiger partial charge in [0, 0.05) is 13.1 Å². The number of hydrogen-bond acceptors (Lipinski definition) is 2. The summed E-state index contributed by atoms with van der Waals surface area (Å²) in [6, 6.07) is 8.03. The van der Waals surface area contributed by atoms with Gasteiger partial charge in [0.15, 0.2) is 5.96 Å². The Kier molecular flexibility index (Phi) is 5.07. The molecule has 0 spiro atoms. The largest absolute Gasteiger partial charge is 0.497 e. The van der Waals surface area contributed by atoms with Gasteiger partial charge in [0.2, 0.25) is 0 Å². The Balaban J connectivity index is 1.87. The highest BCUT2D eigenvalue weighted by atomic mass is 16.5. The minimum absolute atomic E-state index is 0.685. The van der Waals surface area contributed by atoms with E-state index in [2.05, 4.69) is 22.5 Å². The van der Waals surface area contributed by atoms with Crippen LogP contribution in [0.4, 0.5) is 0 Å². The van der Waals surface area contributed by atoms with E-state index in [1.807, 2.05) is 24.3 Å². The predicted octanol–water partition coefficient (Wildman–Crippen LogP) is 2.16. The number of ether oxygens (including phenoxy) is 1. The third-order valence-electron chi connectivity index (χ3n) is 3.18. The molecular weight excluding hydrogens is 238 g/mol. The fourth-order valence-electron chi connectivity index (χ4n) is 1.81. The van der Waals surface area contributed by atoms with Crippen LogP contribution >= 0.6 is 0 Å². The van der Waals surface area contributed by atoms with E-state index in [0.717, 1.165) is 30.7 Å². The van der Waals surface area contributed by atoms with Gasteiger partial charge < -0.3 is 15.4 Å². The third kappa shape index (κ3) is 4.81. The molecule has 1 aliphatic carbocycles. The molecule has 19 heavy (non-hydrogen) atoms. The molecule has 0 bridgehead atoms. The molecule has 1 fully saturated rings. The van der Waals surface area contributed by atoms with E-state index in [4.69, 9.17) is 4.74 Å². The molecule has 1 aliphatic rings. The second kappa shape index (κ2) is 7.02. The molecule has 0 saturated heterocycles. The van der Waals surface area contributed by atoms with E-state index in [-0.39, 0.29) is 0 Å². The molecular formula is C15H23N3O.